The number of amides is 2. The van der Waals surface area contributed by atoms with Crippen LogP contribution in [-0.2, 0) is 17.6 Å². The van der Waals surface area contributed by atoms with Crippen molar-refractivity contribution in [1.29, 1.82) is 0 Å². The Hall–Kier alpha value is -3.74. The first-order valence-electron chi connectivity index (χ1n) is 12.4. The lowest BCUT2D eigenvalue weighted by Crippen LogP contribution is -2.31. The second-order valence-electron chi connectivity index (χ2n) is 8.79. The van der Waals surface area contributed by atoms with Gasteiger partial charge in [-0.2, -0.15) is 5.10 Å². The second-order valence-corrected chi connectivity index (χ2v) is 8.79. The monoisotopic (exact) mass is 472 g/mol. The Bertz CT molecular complexity index is 1210. The summed E-state index contributed by atoms with van der Waals surface area (Å²) >= 11 is 0. The predicted molar refractivity (Wildman–Crippen MR) is 136 cm³/mol. The normalized spacial score (nSPS) is 12.6. The molecule has 1 aliphatic carbocycles. The van der Waals surface area contributed by atoms with E-state index in [0.717, 1.165) is 24.9 Å². The molecule has 0 spiro atoms. The molecular formula is C28H32N4O3. The van der Waals surface area contributed by atoms with E-state index < -0.39 is 0 Å². The van der Waals surface area contributed by atoms with Crippen LogP contribution in [-0.4, -0.2) is 45.4 Å². The van der Waals surface area contributed by atoms with Gasteiger partial charge >= 0.3 is 0 Å². The van der Waals surface area contributed by atoms with Gasteiger partial charge in [-0.25, -0.2) is 4.68 Å². The Kier molecular flexibility index (Phi) is 7.75. The van der Waals surface area contributed by atoms with Crippen LogP contribution in [0, 0.1) is 0 Å². The molecule has 1 heterocycles. The number of Topliss-reactive ketones (excluding diaryl/α,β-unsaturated/α-hetero) is 1. The van der Waals surface area contributed by atoms with E-state index in [0.29, 0.717) is 30.0 Å². The fourth-order valence-corrected chi connectivity index (χ4v) is 4.54. The van der Waals surface area contributed by atoms with Crippen LogP contribution >= 0.6 is 0 Å². The zero-order valence-corrected chi connectivity index (χ0v) is 20.4. The molecule has 4 rings (SSSR count). The Morgan fingerprint density at radius 2 is 1.66 bits per heavy atom. The van der Waals surface area contributed by atoms with E-state index >= 15 is 0 Å². The van der Waals surface area contributed by atoms with Crippen molar-refractivity contribution < 1.29 is 14.4 Å². The van der Waals surface area contributed by atoms with Gasteiger partial charge < -0.3 is 10.2 Å². The lowest BCUT2D eigenvalue weighted by Gasteiger charge is -2.19. The molecule has 7 nitrogen and oxygen atoms in total. The number of hydrogen-bond donors (Lipinski definition) is 1. The number of rotatable bonds is 9. The van der Waals surface area contributed by atoms with Crippen molar-refractivity contribution in [2.24, 2.45) is 0 Å². The molecule has 2 aromatic carbocycles. The van der Waals surface area contributed by atoms with E-state index in [1.165, 1.54) is 23.7 Å². The van der Waals surface area contributed by atoms with E-state index in [9.17, 15) is 14.4 Å². The molecule has 0 fully saturated rings. The van der Waals surface area contributed by atoms with Crippen LogP contribution in [0.25, 0.3) is 5.69 Å². The highest BCUT2D eigenvalue weighted by Crippen LogP contribution is 2.24. The van der Waals surface area contributed by atoms with Gasteiger partial charge in [-0.15, -0.1) is 0 Å². The fourth-order valence-electron chi connectivity index (χ4n) is 4.54. The molecule has 0 atom stereocenters. The second kappa shape index (κ2) is 11.1. The van der Waals surface area contributed by atoms with Crippen LogP contribution in [0.5, 0.6) is 0 Å². The van der Waals surface area contributed by atoms with Crippen LogP contribution < -0.4 is 5.32 Å². The van der Waals surface area contributed by atoms with Crippen LogP contribution in [0.15, 0.2) is 54.7 Å². The van der Waals surface area contributed by atoms with Gasteiger partial charge in [-0.3, -0.25) is 14.4 Å². The summed E-state index contributed by atoms with van der Waals surface area (Å²) in [4.78, 5) is 40.5. The summed E-state index contributed by atoms with van der Waals surface area (Å²) in [5.74, 6) is -0.260. The number of aryl methyl sites for hydroxylation is 2. The first-order chi connectivity index (χ1) is 17.0. The zero-order valence-electron chi connectivity index (χ0n) is 20.4. The molecule has 0 unspecified atom stereocenters. The number of ketones is 1. The maximum absolute atomic E-state index is 13.1. The maximum atomic E-state index is 13.1. The molecule has 7 heteroatoms. The number of carbonyl (C=O) groups excluding carboxylic acids is 3. The van der Waals surface area contributed by atoms with Crippen LogP contribution in [0.3, 0.4) is 0 Å². The summed E-state index contributed by atoms with van der Waals surface area (Å²) in [5.41, 5.74) is 4.28. The number of fused-ring (bicyclic) bond motifs is 1. The molecule has 0 saturated heterocycles. The minimum Gasteiger partial charge on any atom is -0.339 e. The van der Waals surface area contributed by atoms with Crippen LogP contribution in [0.2, 0.25) is 0 Å². The standard InChI is InChI=1S/C28H32N4O3/c1-3-31(4-2)28(35)24-19-29-32(23-12-6-5-7-13-23)27(24)30-26(34)17-16-25(33)22-15-14-20-10-8-9-11-21(20)18-22/h5-7,12-15,18-19H,3-4,8-11,16-17H2,1-2H3,(H,30,34). The molecule has 0 radical (unpaired) electrons. The quantitative estimate of drug-likeness (QED) is 0.452. The molecular weight excluding hydrogens is 440 g/mol. The summed E-state index contributed by atoms with van der Waals surface area (Å²) in [5, 5.41) is 7.24. The van der Waals surface area contributed by atoms with Crippen molar-refractivity contribution in [3.05, 3.63) is 77.0 Å². The number of nitrogens with one attached hydrogen (secondary N) is 1. The van der Waals surface area contributed by atoms with Gasteiger partial charge in [0, 0.05) is 31.5 Å². The van der Waals surface area contributed by atoms with Gasteiger partial charge in [-0.1, -0.05) is 30.3 Å². The van der Waals surface area contributed by atoms with Crippen molar-refractivity contribution in [1.82, 2.24) is 14.7 Å². The van der Waals surface area contributed by atoms with Crippen molar-refractivity contribution in [3.63, 3.8) is 0 Å². The Labute approximate surface area is 206 Å². The highest BCUT2D eigenvalue weighted by molar-refractivity contribution is 6.04. The van der Waals surface area contributed by atoms with Crippen molar-refractivity contribution >= 4 is 23.4 Å². The SMILES string of the molecule is CCN(CC)C(=O)c1cnn(-c2ccccc2)c1NC(=O)CCC(=O)c1ccc2c(c1)CCCC2. The molecule has 3 aromatic rings. The zero-order chi connectivity index (χ0) is 24.8. The van der Waals surface area contributed by atoms with Crippen molar-refractivity contribution in [2.75, 3.05) is 18.4 Å². The number of benzene rings is 2. The van der Waals surface area contributed by atoms with Gasteiger partial charge in [0.25, 0.3) is 5.91 Å². The predicted octanol–water partition coefficient (Wildman–Crippen LogP) is 4.83. The minimum atomic E-state index is -0.331. The highest BCUT2D eigenvalue weighted by Gasteiger charge is 2.24. The molecule has 0 bridgehead atoms. The first-order valence-corrected chi connectivity index (χ1v) is 12.4. The van der Waals surface area contributed by atoms with Crippen molar-refractivity contribution in [3.8, 4) is 5.69 Å². The smallest absolute Gasteiger partial charge is 0.259 e. The van der Waals surface area contributed by atoms with E-state index in [1.54, 1.807) is 9.58 Å². The molecule has 1 aromatic heterocycles. The lowest BCUT2D eigenvalue weighted by atomic mass is 9.89. The van der Waals surface area contributed by atoms with Gasteiger partial charge in [0.15, 0.2) is 5.78 Å². The summed E-state index contributed by atoms with van der Waals surface area (Å²) in [6.07, 6.45) is 6.02. The number of para-hydroxylation sites is 1. The third-order valence-corrected chi connectivity index (χ3v) is 6.56. The van der Waals surface area contributed by atoms with Gasteiger partial charge in [-0.05, 0) is 68.9 Å². The summed E-state index contributed by atoms with van der Waals surface area (Å²) in [6, 6.07) is 15.2. The number of anilines is 1. The Morgan fingerprint density at radius 3 is 2.37 bits per heavy atom. The van der Waals surface area contributed by atoms with E-state index in [2.05, 4.69) is 10.4 Å². The minimum absolute atomic E-state index is 0.0226. The van der Waals surface area contributed by atoms with Gasteiger partial charge in [0.2, 0.25) is 5.91 Å². The summed E-state index contributed by atoms with van der Waals surface area (Å²) in [6.45, 7) is 4.92. The molecule has 0 saturated carbocycles. The third-order valence-electron chi connectivity index (χ3n) is 6.56. The van der Waals surface area contributed by atoms with Gasteiger partial charge in [0.1, 0.15) is 11.4 Å². The molecule has 1 N–H and O–H groups in total. The van der Waals surface area contributed by atoms with Crippen LogP contribution in [0.4, 0.5) is 5.82 Å². The largest absolute Gasteiger partial charge is 0.339 e. The highest BCUT2D eigenvalue weighted by atomic mass is 16.2. The Morgan fingerprint density at radius 1 is 0.943 bits per heavy atom. The van der Waals surface area contributed by atoms with Gasteiger partial charge in [0.05, 0.1) is 11.9 Å². The maximum Gasteiger partial charge on any atom is 0.259 e. The number of aromatic nitrogens is 2. The van der Waals surface area contributed by atoms with E-state index in [1.807, 2.05) is 62.4 Å². The average Bonchev–Trinajstić information content (AvgIpc) is 3.31. The first kappa shape index (κ1) is 24.4. The molecule has 35 heavy (non-hydrogen) atoms. The third kappa shape index (κ3) is 5.50. The summed E-state index contributed by atoms with van der Waals surface area (Å²) in [7, 11) is 0. The van der Waals surface area contributed by atoms with Crippen LogP contribution in [0.1, 0.15) is 71.4 Å². The topological polar surface area (TPSA) is 84.3 Å². The number of nitrogens with zero attached hydrogens (tertiary/aromatic N) is 3. The number of carbonyl (C=O) groups is 3. The fraction of sp³-hybridized carbons (Fsp3) is 0.357. The lowest BCUT2D eigenvalue weighted by molar-refractivity contribution is -0.116. The number of hydrogen-bond acceptors (Lipinski definition) is 4. The summed E-state index contributed by atoms with van der Waals surface area (Å²) < 4.78 is 1.56. The molecule has 1 aliphatic rings. The van der Waals surface area contributed by atoms with E-state index in [-0.39, 0.29) is 30.4 Å². The Balaban J connectivity index is 1.50. The molecule has 182 valence electrons. The van der Waals surface area contributed by atoms with Crippen molar-refractivity contribution in [2.45, 2.75) is 52.4 Å². The molecule has 2 amide bonds. The van der Waals surface area contributed by atoms with E-state index in [4.69, 9.17) is 0 Å². The molecule has 0 aliphatic heterocycles. The average molecular weight is 473 g/mol.